The van der Waals surface area contributed by atoms with Gasteiger partial charge in [-0.25, -0.2) is 9.97 Å². The predicted octanol–water partition coefficient (Wildman–Crippen LogP) is 4.12. The SMILES string of the molecule is COc1ccc(NC2CCCN(c3nc(-c4ccccn4)nc4c3CCC4)C2)cc1. The first-order valence-electron chi connectivity index (χ1n) is 10.8. The summed E-state index contributed by atoms with van der Waals surface area (Å²) in [6, 6.07) is 14.5. The molecule has 1 atom stereocenters. The monoisotopic (exact) mass is 401 g/mol. The molecule has 0 radical (unpaired) electrons. The molecule has 1 aromatic carbocycles. The molecule has 1 aliphatic carbocycles. The number of ether oxygens (including phenoxy) is 1. The summed E-state index contributed by atoms with van der Waals surface area (Å²) in [4.78, 5) is 16.8. The van der Waals surface area contributed by atoms with Crippen molar-refractivity contribution in [3.8, 4) is 17.3 Å². The van der Waals surface area contributed by atoms with E-state index in [9.17, 15) is 0 Å². The van der Waals surface area contributed by atoms with Crippen LogP contribution >= 0.6 is 0 Å². The summed E-state index contributed by atoms with van der Waals surface area (Å²) in [5.74, 6) is 2.74. The molecular formula is C24H27N5O. The molecule has 2 aromatic heterocycles. The van der Waals surface area contributed by atoms with Crippen LogP contribution in [0.5, 0.6) is 5.75 Å². The molecule has 1 saturated heterocycles. The van der Waals surface area contributed by atoms with Gasteiger partial charge in [0, 0.05) is 42.3 Å². The summed E-state index contributed by atoms with van der Waals surface area (Å²) in [6.07, 6.45) is 7.37. The molecule has 6 heteroatoms. The largest absolute Gasteiger partial charge is 0.497 e. The Bertz CT molecular complexity index is 1010. The van der Waals surface area contributed by atoms with E-state index in [0.29, 0.717) is 6.04 Å². The molecule has 5 rings (SSSR count). The molecule has 1 N–H and O–H groups in total. The summed E-state index contributed by atoms with van der Waals surface area (Å²) in [7, 11) is 1.70. The van der Waals surface area contributed by atoms with Crippen LogP contribution in [-0.2, 0) is 12.8 Å². The normalized spacial score (nSPS) is 18.2. The van der Waals surface area contributed by atoms with Crippen LogP contribution in [0, 0.1) is 0 Å². The number of pyridine rings is 1. The van der Waals surface area contributed by atoms with Gasteiger partial charge < -0.3 is 15.0 Å². The lowest BCUT2D eigenvalue weighted by Gasteiger charge is -2.35. The zero-order valence-electron chi connectivity index (χ0n) is 17.3. The Morgan fingerprint density at radius 1 is 1.03 bits per heavy atom. The summed E-state index contributed by atoms with van der Waals surface area (Å²) in [5.41, 5.74) is 4.51. The van der Waals surface area contributed by atoms with E-state index < -0.39 is 0 Å². The van der Waals surface area contributed by atoms with E-state index in [-0.39, 0.29) is 0 Å². The van der Waals surface area contributed by atoms with E-state index in [0.717, 1.165) is 74.0 Å². The van der Waals surface area contributed by atoms with Gasteiger partial charge in [0.25, 0.3) is 0 Å². The number of hydrogen-bond acceptors (Lipinski definition) is 6. The molecule has 3 heterocycles. The standard InChI is InChI=1S/C24H27N5O/c1-30-19-12-10-17(11-13-19)26-18-6-5-15-29(16-18)24-20-7-4-9-21(20)27-23(28-24)22-8-2-3-14-25-22/h2-3,8,10-14,18,26H,4-7,9,15-16H2,1H3. The third kappa shape index (κ3) is 3.82. The Morgan fingerprint density at radius 3 is 2.73 bits per heavy atom. The van der Waals surface area contributed by atoms with E-state index >= 15 is 0 Å². The number of methoxy groups -OCH3 is 1. The zero-order chi connectivity index (χ0) is 20.3. The minimum Gasteiger partial charge on any atom is -0.497 e. The molecule has 0 amide bonds. The van der Waals surface area contributed by atoms with Crippen molar-refractivity contribution >= 4 is 11.5 Å². The van der Waals surface area contributed by atoms with Gasteiger partial charge in [-0.1, -0.05) is 6.07 Å². The van der Waals surface area contributed by atoms with Gasteiger partial charge in [-0.15, -0.1) is 0 Å². The Balaban J connectivity index is 1.39. The van der Waals surface area contributed by atoms with Gasteiger partial charge in [-0.2, -0.15) is 0 Å². The molecule has 1 fully saturated rings. The van der Waals surface area contributed by atoms with Crippen molar-refractivity contribution in [3.63, 3.8) is 0 Å². The highest BCUT2D eigenvalue weighted by molar-refractivity contribution is 5.59. The molecule has 1 unspecified atom stereocenters. The van der Waals surface area contributed by atoms with Crippen LogP contribution < -0.4 is 15.0 Å². The Labute approximate surface area is 177 Å². The second kappa shape index (κ2) is 8.30. The minimum atomic E-state index is 0.387. The van der Waals surface area contributed by atoms with Crippen LogP contribution in [0.25, 0.3) is 11.5 Å². The van der Waals surface area contributed by atoms with E-state index in [2.05, 4.69) is 27.3 Å². The van der Waals surface area contributed by atoms with Gasteiger partial charge >= 0.3 is 0 Å². The number of nitrogens with one attached hydrogen (secondary N) is 1. The summed E-state index contributed by atoms with van der Waals surface area (Å²) in [5, 5.41) is 3.69. The maximum Gasteiger partial charge on any atom is 0.180 e. The van der Waals surface area contributed by atoms with Crippen molar-refractivity contribution < 1.29 is 4.74 Å². The molecule has 0 saturated carbocycles. The van der Waals surface area contributed by atoms with E-state index in [1.165, 1.54) is 11.3 Å². The fourth-order valence-electron chi connectivity index (χ4n) is 4.49. The first-order valence-corrected chi connectivity index (χ1v) is 10.8. The smallest absolute Gasteiger partial charge is 0.180 e. The van der Waals surface area contributed by atoms with Gasteiger partial charge in [0.2, 0.25) is 0 Å². The Morgan fingerprint density at radius 2 is 1.93 bits per heavy atom. The number of piperidine rings is 1. The lowest BCUT2D eigenvalue weighted by molar-refractivity contribution is 0.415. The predicted molar refractivity (Wildman–Crippen MR) is 119 cm³/mol. The molecule has 0 spiro atoms. The number of rotatable bonds is 5. The average Bonchev–Trinajstić information content (AvgIpc) is 3.28. The van der Waals surface area contributed by atoms with Crippen molar-refractivity contribution in [3.05, 3.63) is 59.9 Å². The van der Waals surface area contributed by atoms with Gasteiger partial charge in [-0.3, -0.25) is 4.98 Å². The van der Waals surface area contributed by atoms with Crippen LogP contribution in [0.1, 0.15) is 30.5 Å². The second-order valence-corrected chi connectivity index (χ2v) is 8.02. The second-order valence-electron chi connectivity index (χ2n) is 8.02. The van der Waals surface area contributed by atoms with Crippen molar-refractivity contribution in [2.45, 2.75) is 38.1 Å². The minimum absolute atomic E-state index is 0.387. The third-order valence-electron chi connectivity index (χ3n) is 5.99. The molecule has 2 aliphatic rings. The number of fused-ring (bicyclic) bond motifs is 1. The Kier molecular flexibility index (Phi) is 5.22. The quantitative estimate of drug-likeness (QED) is 0.694. The van der Waals surface area contributed by atoms with Gasteiger partial charge in [0.05, 0.1) is 7.11 Å². The molecule has 0 bridgehead atoms. The molecule has 154 valence electrons. The average molecular weight is 402 g/mol. The molecule has 1 aliphatic heterocycles. The van der Waals surface area contributed by atoms with Crippen molar-refractivity contribution in [2.24, 2.45) is 0 Å². The fraction of sp³-hybridized carbons (Fsp3) is 0.375. The van der Waals surface area contributed by atoms with Crippen molar-refractivity contribution in [2.75, 3.05) is 30.4 Å². The molecule has 30 heavy (non-hydrogen) atoms. The van der Waals surface area contributed by atoms with Crippen LogP contribution in [-0.4, -0.2) is 41.2 Å². The van der Waals surface area contributed by atoms with Gasteiger partial charge in [0.15, 0.2) is 5.82 Å². The summed E-state index contributed by atoms with van der Waals surface area (Å²) < 4.78 is 5.27. The van der Waals surface area contributed by atoms with Crippen molar-refractivity contribution in [1.29, 1.82) is 0 Å². The Hall–Kier alpha value is -3.15. The number of hydrogen-bond donors (Lipinski definition) is 1. The van der Waals surface area contributed by atoms with Crippen molar-refractivity contribution in [1.82, 2.24) is 15.0 Å². The van der Waals surface area contributed by atoms with Crippen LogP contribution in [0.3, 0.4) is 0 Å². The molecule has 3 aromatic rings. The highest BCUT2D eigenvalue weighted by Gasteiger charge is 2.27. The number of aromatic nitrogens is 3. The highest BCUT2D eigenvalue weighted by Crippen LogP contribution is 2.32. The number of nitrogens with zero attached hydrogens (tertiary/aromatic N) is 4. The number of benzene rings is 1. The zero-order valence-corrected chi connectivity index (χ0v) is 17.3. The maximum absolute atomic E-state index is 5.27. The topological polar surface area (TPSA) is 63.2 Å². The number of anilines is 2. The fourth-order valence-corrected chi connectivity index (χ4v) is 4.49. The number of aryl methyl sites for hydroxylation is 1. The van der Waals surface area contributed by atoms with Crippen LogP contribution in [0.2, 0.25) is 0 Å². The maximum atomic E-state index is 5.27. The third-order valence-corrected chi connectivity index (χ3v) is 5.99. The highest BCUT2D eigenvalue weighted by atomic mass is 16.5. The van der Waals surface area contributed by atoms with Gasteiger partial charge in [0.1, 0.15) is 17.3 Å². The molecular weight excluding hydrogens is 374 g/mol. The lowest BCUT2D eigenvalue weighted by Crippen LogP contribution is -2.43. The lowest BCUT2D eigenvalue weighted by atomic mass is 10.0. The van der Waals surface area contributed by atoms with Crippen LogP contribution in [0.4, 0.5) is 11.5 Å². The van der Waals surface area contributed by atoms with E-state index in [1.54, 1.807) is 13.3 Å². The first kappa shape index (κ1) is 18.9. The molecule has 6 nitrogen and oxygen atoms in total. The van der Waals surface area contributed by atoms with E-state index in [4.69, 9.17) is 14.7 Å². The van der Waals surface area contributed by atoms with Crippen LogP contribution in [0.15, 0.2) is 48.7 Å². The van der Waals surface area contributed by atoms with Gasteiger partial charge in [-0.05, 0) is 68.5 Å². The van der Waals surface area contributed by atoms with E-state index in [1.807, 2.05) is 30.3 Å². The summed E-state index contributed by atoms with van der Waals surface area (Å²) >= 11 is 0. The summed E-state index contributed by atoms with van der Waals surface area (Å²) in [6.45, 7) is 1.98. The first-order chi connectivity index (χ1) is 14.8.